The highest BCUT2D eigenvalue weighted by Gasteiger charge is 2.24. The van der Waals surface area contributed by atoms with Crippen molar-refractivity contribution >= 4 is 76.6 Å². The highest BCUT2D eigenvalue weighted by molar-refractivity contribution is 6.12. The lowest BCUT2D eigenvalue weighted by Gasteiger charge is -2.22. The number of rotatable bonds is 11. The first-order chi connectivity index (χ1) is 40.3. The Kier molecular flexibility index (Phi) is 12.5. The lowest BCUT2D eigenvalue weighted by atomic mass is 9.89. The summed E-state index contributed by atoms with van der Waals surface area (Å²) in [4.78, 5) is 26.6. The van der Waals surface area contributed by atoms with E-state index in [1.54, 1.807) is 12.1 Å². The van der Waals surface area contributed by atoms with Gasteiger partial charge in [-0.05, 0) is 183 Å². The van der Waals surface area contributed by atoms with Crippen LogP contribution in [-0.4, -0.2) is 26.2 Å². The van der Waals surface area contributed by atoms with E-state index in [1.807, 2.05) is 60.7 Å². The van der Waals surface area contributed by atoms with Gasteiger partial charge >= 0.3 is 11.9 Å². The van der Waals surface area contributed by atoms with Crippen LogP contribution >= 0.6 is 0 Å². The second-order valence-corrected chi connectivity index (χ2v) is 20.6. The van der Waals surface area contributed by atoms with Crippen molar-refractivity contribution in [3.8, 4) is 78.6 Å². The molecule has 0 aromatic heterocycles. The van der Waals surface area contributed by atoms with E-state index in [4.69, 9.17) is 18.9 Å². The molecule has 14 aromatic rings. The molecule has 14 aromatic carbocycles. The van der Waals surface area contributed by atoms with E-state index in [0.717, 1.165) is 98.4 Å². The summed E-state index contributed by atoms with van der Waals surface area (Å²) in [6.07, 6.45) is 0. The summed E-state index contributed by atoms with van der Waals surface area (Å²) in [5, 5.41) is 12.8. The molecule has 0 saturated heterocycles. The first-order valence-electron chi connectivity index (χ1n) is 27.2. The van der Waals surface area contributed by atoms with Crippen LogP contribution < -0.4 is 9.47 Å². The standard InChI is InChI=1S/C76H50O6/c1-79-75(77)63-31-35-69(67(45-63)61-25-21-49-13-5-9-17-53(49)41-61)81-71-37-29-59-43-57(55-23-19-47-11-3-7-15-51(47)39-55)27-33-65(59)73(71)74-66-34-28-58(56-24-20-48-12-4-8-16-52(48)40-56)44-60(66)30-38-72(74)82-70-36-32-64(76(78)80-2)46-68(70)62-26-22-50-14-6-10-18-54(50)42-62/h3-46H,1-2H3. The summed E-state index contributed by atoms with van der Waals surface area (Å²) < 4.78 is 25.4. The van der Waals surface area contributed by atoms with E-state index in [1.165, 1.54) is 25.0 Å². The molecule has 0 bridgehead atoms. The van der Waals surface area contributed by atoms with Crippen LogP contribution in [0, 0.1) is 0 Å². The van der Waals surface area contributed by atoms with Gasteiger partial charge in [-0.2, -0.15) is 0 Å². The van der Waals surface area contributed by atoms with Crippen molar-refractivity contribution in [1.29, 1.82) is 0 Å². The van der Waals surface area contributed by atoms with Crippen LogP contribution in [0.15, 0.2) is 267 Å². The Labute approximate surface area is 473 Å². The zero-order valence-electron chi connectivity index (χ0n) is 44.9. The summed E-state index contributed by atoms with van der Waals surface area (Å²) in [6.45, 7) is 0. The molecule has 14 rings (SSSR count). The van der Waals surface area contributed by atoms with Crippen LogP contribution in [0.1, 0.15) is 20.7 Å². The van der Waals surface area contributed by atoms with Crippen LogP contribution in [0.5, 0.6) is 23.0 Å². The fraction of sp³-hybridized carbons (Fsp3) is 0.0263. The Bertz CT molecular complexity index is 4590. The number of benzene rings is 14. The van der Waals surface area contributed by atoms with Crippen molar-refractivity contribution in [2.24, 2.45) is 0 Å². The van der Waals surface area contributed by atoms with Crippen molar-refractivity contribution in [2.45, 2.75) is 0 Å². The van der Waals surface area contributed by atoms with Gasteiger partial charge in [-0.15, -0.1) is 0 Å². The highest BCUT2D eigenvalue weighted by Crippen LogP contribution is 2.51. The van der Waals surface area contributed by atoms with E-state index in [9.17, 15) is 9.59 Å². The van der Waals surface area contributed by atoms with Crippen LogP contribution in [0.25, 0.3) is 120 Å². The molecule has 6 nitrogen and oxygen atoms in total. The predicted molar refractivity (Wildman–Crippen MR) is 334 cm³/mol. The fourth-order valence-electron chi connectivity index (χ4n) is 11.5. The average Bonchev–Trinajstić information content (AvgIpc) is 3.48. The molecule has 0 radical (unpaired) electrons. The van der Waals surface area contributed by atoms with E-state index >= 15 is 0 Å². The van der Waals surface area contributed by atoms with Gasteiger partial charge in [0.1, 0.15) is 23.0 Å². The topological polar surface area (TPSA) is 71.1 Å². The maximum Gasteiger partial charge on any atom is 0.337 e. The molecule has 0 atom stereocenters. The van der Waals surface area contributed by atoms with Gasteiger partial charge in [0.25, 0.3) is 0 Å². The van der Waals surface area contributed by atoms with E-state index in [2.05, 4.69) is 194 Å². The number of fused-ring (bicyclic) bond motifs is 6. The Balaban J connectivity index is 1.02. The van der Waals surface area contributed by atoms with Gasteiger partial charge in [0.2, 0.25) is 0 Å². The third kappa shape index (κ3) is 9.18. The molecule has 0 amide bonds. The molecule has 6 heteroatoms. The van der Waals surface area contributed by atoms with Gasteiger partial charge in [-0.3, -0.25) is 0 Å². The highest BCUT2D eigenvalue weighted by atomic mass is 16.5. The van der Waals surface area contributed by atoms with Crippen LogP contribution in [0.4, 0.5) is 0 Å². The minimum Gasteiger partial charge on any atom is -0.465 e. The van der Waals surface area contributed by atoms with Gasteiger partial charge in [0.05, 0.1) is 25.3 Å². The molecular formula is C76H50O6. The molecular weight excluding hydrogens is 1010 g/mol. The van der Waals surface area contributed by atoms with E-state index in [-0.39, 0.29) is 0 Å². The third-order valence-electron chi connectivity index (χ3n) is 15.7. The quantitative estimate of drug-likeness (QED) is 0.120. The summed E-state index contributed by atoms with van der Waals surface area (Å²) in [5.74, 6) is 1.29. The Morgan fingerprint density at radius 2 is 0.537 bits per heavy atom. The largest absolute Gasteiger partial charge is 0.465 e. The zero-order chi connectivity index (χ0) is 55.3. The molecule has 0 aliphatic carbocycles. The van der Waals surface area contributed by atoms with Crippen molar-refractivity contribution in [1.82, 2.24) is 0 Å². The van der Waals surface area contributed by atoms with Crippen molar-refractivity contribution < 1.29 is 28.5 Å². The first-order valence-corrected chi connectivity index (χ1v) is 27.2. The molecule has 0 unspecified atom stereocenters. The van der Waals surface area contributed by atoms with Crippen molar-refractivity contribution in [2.75, 3.05) is 14.2 Å². The van der Waals surface area contributed by atoms with E-state index in [0.29, 0.717) is 45.3 Å². The summed E-state index contributed by atoms with van der Waals surface area (Å²) >= 11 is 0. The average molecular weight is 1060 g/mol. The monoisotopic (exact) mass is 1060 g/mol. The molecule has 390 valence electrons. The molecule has 0 heterocycles. The van der Waals surface area contributed by atoms with Gasteiger partial charge in [-0.25, -0.2) is 9.59 Å². The number of ether oxygens (including phenoxy) is 4. The summed E-state index contributed by atoms with van der Waals surface area (Å²) in [6, 6.07) is 91.4. The second-order valence-electron chi connectivity index (χ2n) is 20.6. The van der Waals surface area contributed by atoms with Crippen molar-refractivity contribution in [3.05, 3.63) is 278 Å². The predicted octanol–water partition coefficient (Wildman–Crippen LogP) is 20.1. The zero-order valence-corrected chi connectivity index (χ0v) is 44.9. The number of carbonyl (C=O) groups is 2. The van der Waals surface area contributed by atoms with Gasteiger partial charge in [0, 0.05) is 22.3 Å². The molecule has 82 heavy (non-hydrogen) atoms. The first kappa shape index (κ1) is 49.5. The molecule has 0 aliphatic heterocycles. The fourth-order valence-corrected chi connectivity index (χ4v) is 11.5. The maximum absolute atomic E-state index is 13.3. The normalized spacial score (nSPS) is 11.4. The Morgan fingerprint density at radius 3 is 0.890 bits per heavy atom. The lowest BCUT2D eigenvalue weighted by molar-refractivity contribution is 0.0592. The number of hydrogen-bond acceptors (Lipinski definition) is 6. The number of esters is 2. The van der Waals surface area contributed by atoms with Gasteiger partial charge in [0.15, 0.2) is 0 Å². The molecule has 0 spiro atoms. The van der Waals surface area contributed by atoms with E-state index < -0.39 is 11.9 Å². The summed E-state index contributed by atoms with van der Waals surface area (Å²) in [5.41, 5.74) is 9.87. The Hall–Kier alpha value is -10.8. The molecule has 0 saturated carbocycles. The number of carbonyl (C=O) groups excluding carboxylic acids is 2. The van der Waals surface area contributed by atoms with Gasteiger partial charge < -0.3 is 18.9 Å². The third-order valence-corrected chi connectivity index (χ3v) is 15.7. The molecule has 0 N–H and O–H groups in total. The lowest BCUT2D eigenvalue weighted by Crippen LogP contribution is -2.02. The SMILES string of the molecule is COC(=O)c1ccc(Oc2ccc3cc(-c4ccc5ccccc5c4)ccc3c2-c2c(Oc3ccc(C(=O)OC)cc3-c3ccc4ccccc4c3)ccc3cc(-c4ccc5ccccc5c4)ccc23)c(-c2ccc3ccccc3c2)c1. The smallest absolute Gasteiger partial charge is 0.337 e. The minimum atomic E-state index is -0.453. The molecule has 0 aliphatic rings. The van der Waals surface area contributed by atoms with Crippen LogP contribution in [-0.2, 0) is 9.47 Å². The second kappa shape index (κ2) is 20.8. The number of hydrogen-bond donors (Lipinski definition) is 0. The van der Waals surface area contributed by atoms with Crippen LogP contribution in [0.2, 0.25) is 0 Å². The minimum absolute atomic E-state index is 0.394. The van der Waals surface area contributed by atoms with Crippen LogP contribution in [0.3, 0.4) is 0 Å². The Morgan fingerprint density at radius 1 is 0.256 bits per heavy atom. The van der Waals surface area contributed by atoms with Gasteiger partial charge in [-0.1, -0.05) is 182 Å². The summed E-state index contributed by atoms with van der Waals surface area (Å²) in [7, 11) is 2.78. The maximum atomic E-state index is 13.3. The number of methoxy groups -OCH3 is 2. The van der Waals surface area contributed by atoms with Crippen molar-refractivity contribution in [3.63, 3.8) is 0 Å². The molecule has 0 fully saturated rings.